The molecule has 0 saturated heterocycles. The van der Waals surface area contributed by atoms with E-state index in [1.807, 2.05) is 24.3 Å². The molecule has 0 bridgehead atoms. The van der Waals surface area contributed by atoms with Gasteiger partial charge in [0.25, 0.3) is 0 Å². The lowest BCUT2D eigenvalue weighted by Gasteiger charge is -2.26. The molecule has 1 aromatic rings. The maximum atomic E-state index is 9.36. The summed E-state index contributed by atoms with van der Waals surface area (Å²) in [5.41, 5.74) is 6.34. The van der Waals surface area contributed by atoms with Gasteiger partial charge in [-0.2, -0.15) is 0 Å². The van der Waals surface area contributed by atoms with Gasteiger partial charge < -0.3 is 15.6 Å². The Kier molecular flexibility index (Phi) is 3.11. The Balaban J connectivity index is 1.89. The molecule has 1 aliphatic carbocycles. The molecule has 0 spiro atoms. The Morgan fingerprint density at radius 2 is 1.67 bits per heavy atom. The first kappa shape index (κ1) is 10.3. The van der Waals surface area contributed by atoms with Crippen molar-refractivity contribution in [2.45, 2.75) is 37.9 Å². The molecule has 0 aromatic heterocycles. The van der Waals surface area contributed by atoms with Crippen LogP contribution in [0.1, 0.15) is 25.7 Å². The van der Waals surface area contributed by atoms with Crippen molar-refractivity contribution >= 4 is 5.69 Å². The SMILES string of the molecule is Nc1ccc(OC2CCC(O)CC2)cc1. The van der Waals surface area contributed by atoms with Gasteiger partial charge in [0.15, 0.2) is 0 Å². The summed E-state index contributed by atoms with van der Waals surface area (Å²) in [5, 5.41) is 9.36. The lowest BCUT2D eigenvalue weighted by Crippen LogP contribution is -2.26. The van der Waals surface area contributed by atoms with Crippen molar-refractivity contribution in [3.05, 3.63) is 24.3 Å². The summed E-state index contributed by atoms with van der Waals surface area (Å²) in [6.07, 6.45) is 3.68. The van der Waals surface area contributed by atoms with Crippen LogP contribution in [0.5, 0.6) is 5.75 Å². The number of nitrogens with two attached hydrogens (primary N) is 1. The van der Waals surface area contributed by atoms with Crippen LogP contribution in [-0.4, -0.2) is 17.3 Å². The third-order valence-electron chi connectivity index (χ3n) is 2.83. The number of ether oxygens (including phenoxy) is 1. The summed E-state index contributed by atoms with van der Waals surface area (Å²) < 4.78 is 5.79. The van der Waals surface area contributed by atoms with Gasteiger partial charge in [-0.3, -0.25) is 0 Å². The van der Waals surface area contributed by atoms with Crippen LogP contribution >= 0.6 is 0 Å². The molecule has 0 amide bonds. The van der Waals surface area contributed by atoms with Gasteiger partial charge in [0.1, 0.15) is 5.75 Å². The molecule has 3 heteroatoms. The Hall–Kier alpha value is -1.22. The number of hydrogen-bond acceptors (Lipinski definition) is 3. The molecular weight excluding hydrogens is 190 g/mol. The second kappa shape index (κ2) is 4.53. The molecule has 15 heavy (non-hydrogen) atoms. The van der Waals surface area contributed by atoms with Crippen molar-refractivity contribution in [1.29, 1.82) is 0 Å². The molecule has 1 saturated carbocycles. The molecule has 82 valence electrons. The van der Waals surface area contributed by atoms with Crippen LogP contribution in [0.4, 0.5) is 5.69 Å². The van der Waals surface area contributed by atoms with Crippen molar-refractivity contribution in [2.75, 3.05) is 5.73 Å². The van der Waals surface area contributed by atoms with Crippen molar-refractivity contribution in [3.63, 3.8) is 0 Å². The van der Waals surface area contributed by atoms with Crippen molar-refractivity contribution < 1.29 is 9.84 Å². The van der Waals surface area contributed by atoms with E-state index in [0.717, 1.165) is 37.1 Å². The third kappa shape index (κ3) is 2.86. The Bertz CT molecular complexity index is 302. The topological polar surface area (TPSA) is 55.5 Å². The molecule has 0 heterocycles. The number of aliphatic hydroxyl groups excluding tert-OH is 1. The summed E-state index contributed by atoms with van der Waals surface area (Å²) in [7, 11) is 0. The zero-order chi connectivity index (χ0) is 10.7. The highest BCUT2D eigenvalue weighted by molar-refractivity contribution is 5.41. The van der Waals surface area contributed by atoms with Crippen LogP contribution in [0.15, 0.2) is 24.3 Å². The standard InChI is InChI=1S/C12H17NO2/c13-9-1-5-11(6-2-9)15-12-7-3-10(14)4-8-12/h1-2,5-6,10,12,14H,3-4,7-8,13H2. The van der Waals surface area contributed by atoms with E-state index in [4.69, 9.17) is 10.5 Å². The zero-order valence-electron chi connectivity index (χ0n) is 8.73. The normalized spacial score (nSPS) is 26.2. The lowest BCUT2D eigenvalue weighted by atomic mass is 9.95. The van der Waals surface area contributed by atoms with Gasteiger partial charge in [-0.1, -0.05) is 0 Å². The van der Waals surface area contributed by atoms with E-state index in [1.54, 1.807) is 0 Å². The maximum Gasteiger partial charge on any atom is 0.119 e. The lowest BCUT2D eigenvalue weighted by molar-refractivity contribution is 0.0666. The van der Waals surface area contributed by atoms with Gasteiger partial charge in [-0.25, -0.2) is 0 Å². The number of hydrogen-bond donors (Lipinski definition) is 2. The Labute approximate surface area is 89.9 Å². The van der Waals surface area contributed by atoms with Crippen molar-refractivity contribution in [2.24, 2.45) is 0 Å². The van der Waals surface area contributed by atoms with Crippen LogP contribution in [0, 0.1) is 0 Å². The maximum absolute atomic E-state index is 9.36. The van der Waals surface area contributed by atoms with E-state index in [-0.39, 0.29) is 12.2 Å². The predicted molar refractivity (Wildman–Crippen MR) is 59.7 cm³/mol. The second-order valence-electron chi connectivity index (χ2n) is 4.12. The largest absolute Gasteiger partial charge is 0.490 e. The molecular formula is C12H17NO2. The Morgan fingerprint density at radius 3 is 2.27 bits per heavy atom. The van der Waals surface area contributed by atoms with E-state index in [1.165, 1.54) is 0 Å². The third-order valence-corrected chi connectivity index (χ3v) is 2.83. The number of nitrogen functional groups attached to an aromatic ring is 1. The van der Waals surface area contributed by atoms with E-state index in [0.29, 0.717) is 0 Å². The Morgan fingerprint density at radius 1 is 1.07 bits per heavy atom. The van der Waals surface area contributed by atoms with Gasteiger partial charge in [-0.05, 0) is 49.9 Å². The average molecular weight is 207 g/mol. The smallest absolute Gasteiger partial charge is 0.119 e. The summed E-state index contributed by atoms with van der Waals surface area (Å²) >= 11 is 0. The number of anilines is 1. The quantitative estimate of drug-likeness (QED) is 0.729. The minimum absolute atomic E-state index is 0.128. The minimum Gasteiger partial charge on any atom is -0.490 e. The first-order valence-electron chi connectivity index (χ1n) is 5.44. The van der Waals surface area contributed by atoms with Crippen LogP contribution in [-0.2, 0) is 0 Å². The number of rotatable bonds is 2. The van der Waals surface area contributed by atoms with E-state index >= 15 is 0 Å². The van der Waals surface area contributed by atoms with Crippen molar-refractivity contribution in [1.82, 2.24) is 0 Å². The summed E-state index contributed by atoms with van der Waals surface area (Å²) in [5.74, 6) is 0.866. The molecule has 0 atom stereocenters. The molecule has 1 aliphatic rings. The predicted octanol–water partition coefficient (Wildman–Crippen LogP) is 1.95. The van der Waals surface area contributed by atoms with Crippen LogP contribution in [0.2, 0.25) is 0 Å². The average Bonchev–Trinajstić information content (AvgIpc) is 2.25. The zero-order valence-corrected chi connectivity index (χ0v) is 8.73. The molecule has 0 unspecified atom stereocenters. The van der Waals surface area contributed by atoms with Gasteiger partial charge in [0.05, 0.1) is 12.2 Å². The van der Waals surface area contributed by atoms with Gasteiger partial charge in [0, 0.05) is 5.69 Å². The highest BCUT2D eigenvalue weighted by Crippen LogP contribution is 2.24. The monoisotopic (exact) mass is 207 g/mol. The highest BCUT2D eigenvalue weighted by Gasteiger charge is 2.20. The number of benzene rings is 1. The second-order valence-corrected chi connectivity index (χ2v) is 4.12. The van der Waals surface area contributed by atoms with Crippen molar-refractivity contribution in [3.8, 4) is 5.75 Å². The van der Waals surface area contributed by atoms with E-state index in [2.05, 4.69) is 0 Å². The first-order valence-corrected chi connectivity index (χ1v) is 5.44. The fourth-order valence-corrected chi connectivity index (χ4v) is 1.90. The minimum atomic E-state index is -0.128. The fraction of sp³-hybridized carbons (Fsp3) is 0.500. The number of aliphatic hydroxyl groups is 1. The van der Waals surface area contributed by atoms with E-state index < -0.39 is 0 Å². The van der Waals surface area contributed by atoms with Gasteiger partial charge in [0.2, 0.25) is 0 Å². The van der Waals surface area contributed by atoms with Crippen LogP contribution in [0.25, 0.3) is 0 Å². The summed E-state index contributed by atoms with van der Waals surface area (Å²) in [4.78, 5) is 0. The molecule has 0 aliphatic heterocycles. The summed E-state index contributed by atoms with van der Waals surface area (Å²) in [6, 6.07) is 7.46. The first-order chi connectivity index (χ1) is 7.24. The van der Waals surface area contributed by atoms with E-state index in [9.17, 15) is 5.11 Å². The van der Waals surface area contributed by atoms with Crippen LogP contribution in [0.3, 0.4) is 0 Å². The summed E-state index contributed by atoms with van der Waals surface area (Å²) in [6.45, 7) is 0. The molecule has 2 rings (SSSR count). The van der Waals surface area contributed by atoms with Gasteiger partial charge in [-0.15, -0.1) is 0 Å². The fourth-order valence-electron chi connectivity index (χ4n) is 1.90. The highest BCUT2D eigenvalue weighted by atomic mass is 16.5. The molecule has 0 radical (unpaired) electrons. The van der Waals surface area contributed by atoms with Crippen LogP contribution < -0.4 is 10.5 Å². The molecule has 1 fully saturated rings. The van der Waals surface area contributed by atoms with Gasteiger partial charge >= 0.3 is 0 Å². The molecule has 1 aromatic carbocycles. The molecule has 3 nitrogen and oxygen atoms in total. The molecule has 3 N–H and O–H groups in total.